The summed E-state index contributed by atoms with van der Waals surface area (Å²) in [7, 11) is 0. The Kier molecular flexibility index (Phi) is 3.61. The second-order valence-corrected chi connectivity index (χ2v) is 4.78. The zero-order chi connectivity index (χ0) is 11.5. The zero-order valence-corrected chi connectivity index (χ0v) is 10.1. The Morgan fingerprint density at radius 2 is 2.06 bits per heavy atom. The lowest BCUT2D eigenvalue weighted by molar-refractivity contribution is 0.126. The van der Waals surface area contributed by atoms with Crippen molar-refractivity contribution in [1.29, 1.82) is 0 Å². The average Bonchev–Trinajstić information content (AvgIpc) is 2.61. The molecule has 4 heteroatoms. The Balaban J connectivity index is 1.93. The van der Waals surface area contributed by atoms with Gasteiger partial charge in [0, 0.05) is 5.69 Å². The molecule has 1 aliphatic rings. The van der Waals surface area contributed by atoms with Crippen LogP contribution < -0.4 is 5.32 Å². The van der Waals surface area contributed by atoms with Gasteiger partial charge in [0.2, 0.25) is 0 Å². The molecule has 1 aliphatic heterocycles. The van der Waals surface area contributed by atoms with E-state index < -0.39 is 6.10 Å². The van der Waals surface area contributed by atoms with Gasteiger partial charge in [-0.15, -0.1) is 0 Å². The van der Waals surface area contributed by atoms with Crippen molar-refractivity contribution in [2.24, 2.45) is 5.92 Å². The Hall–Kier alpha value is -0.870. The van der Waals surface area contributed by atoms with E-state index in [1.54, 1.807) is 0 Å². The third-order valence-corrected chi connectivity index (χ3v) is 3.48. The predicted octanol–water partition coefficient (Wildman–Crippen LogP) is 1.45. The number of nitrogens with one attached hydrogen (secondary N) is 2. The van der Waals surface area contributed by atoms with Crippen molar-refractivity contribution >= 4 is 0 Å². The smallest absolute Gasteiger partial charge is 0.135 e. The van der Waals surface area contributed by atoms with Crippen LogP contribution in [0.3, 0.4) is 0 Å². The lowest BCUT2D eigenvalue weighted by Crippen LogP contribution is -2.28. The lowest BCUT2D eigenvalue weighted by atomic mass is 9.92. The topological polar surface area (TPSA) is 60.9 Å². The van der Waals surface area contributed by atoms with E-state index in [1.165, 1.54) is 0 Å². The van der Waals surface area contributed by atoms with Gasteiger partial charge in [-0.2, -0.15) is 0 Å². The van der Waals surface area contributed by atoms with Gasteiger partial charge in [-0.05, 0) is 52.1 Å². The molecular formula is C12H21N3O. The van der Waals surface area contributed by atoms with Crippen molar-refractivity contribution in [3.05, 3.63) is 17.2 Å². The van der Waals surface area contributed by atoms with Gasteiger partial charge < -0.3 is 15.4 Å². The number of hydrogen-bond acceptors (Lipinski definition) is 3. The summed E-state index contributed by atoms with van der Waals surface area (Å²) >= 11 is 0. The van der Waals surface area contributed by atoms with Gasteiger partial charge in [-0.3, -0.25) is 0 Å². The molecule has 1 aromatic rings. The molecule has 1 aromatic heterocycles. The van der Waals surface area contributed by atoms with E-state index in [0.29, 0.717) is 5.92 Å². The van der Waals surface area contributed by atoms with Crippen LogP contribution in [0.15, 0.2) is 0 Å². The van der Waals surface area contributed by atoms with Gasteiger partial charge in [-0.1, -0.05) is 0 Å². The van der Waals surface area contributed by atoms with Crippen LogP contribution in [0.25, 0.3) is 0 Å². The first-order valence-corrected chi connectivity index (χ1v) is 6.08. The predicted molar refractivity (Wildman–Crippen MR) is 63.2 cm³/mol. The Bertz CT molecular complexity index is 323. The fourth-order valence-electron chi connectivity index (χ4n) is 2.28. The molecule has 0 spiro atoms. The van der Waals surface area contributed by atoms with Crippen LogP contribution in [0.1, 0.15) is 42.6 Å². The van der Waals surface area contributed by atoms with Crippen molar-refractivity contribution in [3.63, 3.8) is 0 Å². The van der Waals surface area contributed by atoms with Crippen LogP contribution in [0.4, 0.5) is 0 Å². The van der Waals surface area contributed by atoms with Gasteiger partial charge in [0.25, 0.3) is 0 Å². The number of piperidine rings is 1. The van der Waals surface area contributed by atoms with Gasteiger partial charge in [0.15, 0.2) is 0 Å². The number of nitrogens with zero attached hydrogens (tertiary/aromatic N) is 1. The maximum absolute atomic E-state index is 10.1. The summed E-state index contributed by atoms with van der Waals surface area (Å²) < 4.78 is 0. The molecule has 0 aliphatic carbocycles. The normalized spacial score (nSPS) is 19.9. The van der Waals surface area contributed by atoms with E-state index in [-0.39, 0.29) is 0 Å². The van der Waals surface area contributed by atoms with Crippen LogP contribution >= 0.6 is 0 Å². The number of aromatic amines is 1. The molecule has 1 atom stereocenters. The van der Waals surface area contributed by atoms with Gasteiger partial charge >= 0.3 is 0 Å². The Labute approximate surface area is 96.5 Å². The third-order valence-electron chi connectivity index (χ3n) is 3.48. The standard InChI is InChI=1S/C12H21N3O/c1-8-9(2)15-12(14-8)11(16)7-10-3-5-13-6-4-10/h10-11,13,16H,3-7H2,1-2H3,(H,14,15). The summed E-state index contributed by atoms with van der Waals surface area (Å²) in [4.78, 5) is 7.51. The molecule has 90 valence electrons. The van der Waals surface area contributed by atoms with E-state index >= 15 is 0 Å². The molecule has 1 fully saturated rings. The molecule has 0 amide bonds. The molecule has 1 saturated heterocycles. The van der Waals surface area contributed by atoms with E-state index in [2.05, 4.69) is 15.3 Å². The van der Waals surface area contributed by atoms with Crippen molar-refractivity contribution in [1.82, 2.24) is 15.3 Å². The highest BCUT2D eigenvalue weighted by molar-refractivity contribution is 5.12. The van der Waals surface area contributed by atoms with E-state index in [0.717, 1.165) is 49.6 Å². The fraction of sp³-hybridized carbons (Fsp3) is 0.750. The molecule has 3 N–H and O–H groups in total. The minimum absolute atomic E-state index is 0.435. The average molecular weight is 223 g/mol. The molecular weight excluding hydrogens is 202 g/mol. The lowest BCUT2D eigenvalue weighted by Gasteiger charge is -2.24. The molecule has 0 saturated carbocycles. The highest BCUT2D eigenvalue weighted by atomic mass is 16.3. The van der Waals surface area contributed by atoms with Crippen LogP contribution in [-0.2, 0) is 0 Å². The number of aryl methyl sites for hydroxylation is 2. The minimum Gasteiger partial charge on any atom is -0.385 e. The second-order valence-electron chi connectivity index (χ2n) is 4.78. The first kappa shape index (κ1) is 11.6. The highest BCUT2D eigenvalue weighted by Crippen LogP contribution is 2.25. The number of aliphatic hydroxyl groups excluding tert-OH is 1. The monoisotopic (exact) mass is 223 g/mol. The highest BCUT2D eigenvalue weighted by Gasteiger charge is 2.20. The summed E-state index contributed by atoms with van der Waals surface area (Å²) in [6.07, 6.45) is 2.72. The molecule has 0 aromatic carbocycles. The third kappa shape index (κ3) is 2.62. The first-order valence-electron chi connectivity index (χ1n) is 6.08. The number of imidazole rings is 1. The largest absolute Gasteiger partial charge is 0.385 e. The molecule has 0 radical (unpaired) electrons. The molecule has 2 heterocycles. The summed E-state index contributed by atoms with van der Waals surface area (Å²) in [5.74, 6) is 1.36. The molecule has 0 bridgehead atoms. The molecule has 4 nitrogen and oxygen atoms in total. The minimum atomic E-state index is -0.435. The first-order chi connectivity index (χ1) is 7.66. The molecule has 16 heavy (non-hydrogen) atoms. The number of hydrogen-bond donors (Lipinski definition) is 3. The van der Waals surface area contributed by atoms with Crippen LogP contribution in [0.2, 0.25) is 0 Å². The number of aromatic nitrogens is 2. The van der Waals surface area contributed by atoms with Crippen molar-refractivity contribution in [2.75, 3.05) is 13.1 Å². The van der Waals surface area contributed by atoms with E-state index in [4.69, 9.17) is 0 Å². The maximum atomic E-state index is 10.1. The van der Waals surface area contributed by atoms with E-state index in [1.807, 2.05) is 13.8 Å². The molecule has 2 rings (SSSR count). The quantitative estimate of drug-likeness (QED) is 0.727. The SMILES string of the molecule is Cc1nc(C(O)CC2CCNCC2)[nH]c1C. The Morgan fingerprint density at radius 3 is 2.62 bits per heavy atom. The fourth-order valence-corrected chi connectivity index (χ4v) is 2.28. The maximum Gasteiger partial charge on any atom is 0.135 e. The summed E-state index contributed by atoms with van der Waals surface area (Å²) in [5.41, 5.74) is 2.04. The van der Waals surface area contributed by atoms with Gasteiger partial charge in [0.05, 0.1) is 5.69 Å². The second kappa shape index (κ2) is 4.97. The van der Waals surface area contributed by atoms with Crippen LogP contribution in [-0.4, -0.2) is 28.2 Å². The summed E-state index contributed by atoms with van der Waals surface area (Å²) in [6.45, 7) is 6.11. The number of rotatable bonds is 3. The summed E-state index contributed by atoms with van der Waals surface area (Å²) in [5, 5.41) is 13.4. The Morgan fingerprint density at radius 1 is 1.38 bits per heavy atom. The van der Waals surface area contributed by atoms with Gasteiger partial charge in [0.1, 0.15) is 11.9 Å². The van der Waals surface area contributed by atoms with Crippen LogP contribution in [0.5, 0.6) is 0 Å². The summed E-state index contributed by atoms with van der Waals surface area (Å²) in [6, 6.07) is 0. The number of H-pyrrole nitrogens is 1. The number of aliphatic hydroxyl groups is 1. The van der Waals surface area contributed by atoms with Crippen molar-refractivity contribution < 1.29 is 5.11 Å². The zero-order valence-electron chi connectivity index (χ0n) is 10.1. The van der Waals surface area contributed by atoms with Gasteiger partial charge in [-0.25, -0.2) is 4.98 Å². The van der Waals surface area contributed by atoms with Crippen molar-refractivity contribution in [3.8, 4) is 0 Å². The van der Waals surface area contributed by atoms with Crippen molar-refractivity contribution in [2.45, 2.75) is 39.2 Å². The van der Waals surface area contributed by atoms with Crippen LogP contribution in [0, 0.1) is 19.8 Å². The van der Waals surface area contributed by atoms with E-state index in [9.17, 15) is 5.11 Å². The molecule has 1 unspecified atom stereocenters.